The SMILES string of the molecule is COc1cc([C@@H]2c3c(oc4ccccc4c3=O)C(=O)N2Cc2ccccc2Cl)cc(OC)c1OC. The van der Waals surface area contributed by atoms with Gasteiger partial charge in [-0.25, -0.2) is 0 Å². The van der Waals surface area contributed by atoms with Crippen molar-refractivity contribution in [1.82, 2.24) is 4.90 Å². The molecule has 5 rings (SSSR count). The summed E-state index contributed by atoms with van der Waals surface area (Å²) in [4.78, 5) is 29.0. The molecule has 0 spiro atoms. The van der Waals surface area contributed by atoms with Gasteiger partial charge in [-0.3, -0.25) is 9.59 Å². The summed E-state index contributed by atoms with van der Waals surface area (Å²) in [5.74, 6) is 0.837. The summed E-state index contributed by atoms with van der Waals surface area (Å²) in [6.07, 6.45) is 0. The molecule has 0 aliphatic carbocycles. The molecule has 178 valence electrons. The van der Waals surface area contributed by atoms with E-state index in [1.165, 1.54) is 21.3 Å². The van der Waals surface area contributed by atoms with Crippen molar-refractivity contribution < 1.29 is 23.4 Å². The van der Waals surface area contributed by atoms with E-state index in [9.17, 15) is 9.59 Å². The van der Waals surface area contributed by atoms with E-state index in [0.717, 1.165) is 5.56 Å². The maximum absolute atomic E-state index is 13.7. The summed E-state index contributed by atoms with van der Waals surface area (Å²) in [7, 11) is 4.54. The zero-order chi connectivity index (χ0) is 24.7. The average molecular weight is 492 g/mol. The zero-order valence-electron chi connectivity index (χ0n) is 19.3. The Labute approximate surface area is 206 Å². The number of hydrogen-bond donors (Lipinski definition) is 0. The van der Waals surface area contributed by atoms with Crippen molar-refractivity contribution in [2.24, 2.45) is 0 Å². The average Bonchev–Trinajstić information content (AvgIpc) is 3.16. The second kappa shape index (κ2) is 9.00. The van der Waals surface area contributed by atoms with Crippen LogP contribution in [0.1, 0.15) is 33.3 Å². The second-order valence-corrected chi connectivity index (χ2v) is 8.46. The van der Waals surface area contributed by atoms with Crippen LogP contribution < -0.4 is 19.6 Å². The largest absolute Gasteiger partial charge is 0.493 e. The highest BCUT2D eigenvalue weighted by molar-refractivity contribution is 6.31. The molecule has 8 heteroatoms. The minimum absolute atomic E-state index is 0.0134. The van der Waals surface area contributed by atoms with Gasteiger partial charge in [0.15, 0.2) is 16.9 Å². The Morgan fingerprint density at radius 1 is 0.914 bits per heavy atom. The number of ether oxygens (including phenoxy) is 3. The third kappa shape index (κ3) is 3.68. The van der Waals surface area contributed by atoms with Crippen LogP contribution in [0.25, 0.3) is 11.0 Å². The van der Waals surface area contributed by atoms with E-state index >= 15 is 0 Å². The molecule has 0 saturated carbocycles. The fourth-order valence-electron chi connectivity index (χ4n) is 4.55. The van der Waals surface area contributed by atoms with Gasteiger partial charge >= 0.3 is 0 Å². The van der Waals surface area contributed by atoms with Gasteiger partial charge in [0.25, 0.3) is 5.91 Å². The van der Waals surface area contributed by atoms with Gasteiger partial charge in [0.2, 0.25) is 11.5 Å². The molecule has 0 unspecified atom stereocenters. The van der Waals surface area contributed by atoms with Gasteiger partial charge in [0, 0.05) is 11.6 Å². The number of para-hydroxylation sites is 1. The molecule has 0 radical (unpaired) electrons. The first-order chi connectivity index (χ1) is 17.0. The number of amides is 1. The number of carbonyl (C=O) groups is 1. The smallest absolute Gasteiger partial charge is 0.291 e. The van der Waals surface area contributed by atoms with Crippen molar-refractivity contribution in [1.29, 1.82) is 0 Å². The van der Waals surface area contributed by atoms with Crippen molar-refractivity contribution >= 4 is 28.5 Å². The first kappa shape index (κ1) is 22.8. The number of methoxy groups -OCH3 is 3. The highest BCUT2D eigenvalue weighted by atomic mass is 35.5. The minimum Gasteiger partial charge on any atom is -0.493 e. The van der Waals surface area contributed by atoms with Crippen LogP contribution in [0, 0.1) is 0 Å². The Balaban J connectivity index is 1.77. The highest BCUT2D eigenvalue weighted by Gasteiger charge is 2.43. The summed E-state index contributed by atoms with van der Waals surface area (Å²) in [6, 6.07) is 16.9. The van der Waals surface area contributed by atoms with Crippen LogP contribution >= 0.6 is 11.6 Å². The standard InChI is InChI=1S/C27H22ClNO6/c1-32-20-12-16(13-21(33-2)25(20)34-3)23-22-24(30)17-9-5-7-11-19(17)35-26(22)27(31)29(23)14-15-8-4-6-10-18(15)28/h4-13,23H,14H2,1-3H3/t23-/m1/s1. The van der Waals surface area contributed by atoms with Crippen molar-refractivity contribution in [3.05, 3.63) is 98.4 Å². The monoisotopic (exact) mass is 491 g/mol. The van der Waals surface area contributed by atoms with Crippen molar-refractivity contribution in [2.75, 3.05) is 21.3 Å². The highest BCUT2D eigenvalue weighted by Crippen LogP contribution is 2.45. The summed E-state index contributed by atoms with van der Waals surface area (Å²) < 4.78 is 22.5. The van der Waals surface area contributed by atoms with E-state index in [1.807, 2.05) is 18.2 Å². The van der Waals surface area contributed by atoms with Crippen molar-refractivity contribution in [3.8, 4) is 17.2 Å². The molecule has 4 aromatic rings. The first-order valence-electron chi connectivity index (χ1n) is 10.9. The summed E-state index contributed by atoms with van der Waals surface area (Å²) in [5, 5.41) is 0.917. The Morgan fingerprint density at radius 2 is 1.57 bits per heavy atom. The molecule has 1 aliphatic heterocycles. The van der Waals surface area contributed by atoms with Gasteiger partial charge in [-0.2, -0.15) is 0 Å². The molecule has 0 bridgehead atoms. The van der Waals surface area contributed by atoms with Gasteiger partial charge in [-0.15, -0.1) is 0 Å². The molecule has 3 aromatic carbocycles. The van der Waals surface area contributed by atoms with Gasteiger partial charge in [0.1, 0.15) is 5.58 Å². The number of halogens is 1. The molecular weight excluding hydrogens is 470 g/mol. The molecule has 1 aromatic heterocycles. The van der Waals surface area contributed by atoms with Gasteiger partial charge in [-0.05, 0) is 41.5 Å². The van der Waals surface area contributed by atoms with Gasteiger partial charge < -0.3 is 23.5 Å². The Kier molecular flexibility index (Phi) is 5.86. The van der Waals surface area contributed by atoms with Crippen molar-refractivity contribution in [3.63, 3.8) is 0 Å². The quantitative estimate of drug-likeness (QED) is 0.368. The van der Waals surface area contributed by atoms with Crippen LogP contribution in [0.2, 0.25) is 5.02 Å². The lowest BCUT2D eigenvalue weighted by Crippen LogP contribution is -2.29. The number of hydrogen-bond acceptors (Lipinski definition) is 6. The first-order valence-corrected chi connectivity index (χ1v) is 11.3. The summed E-state index contributed by atoms with van der Waals surface area (Å²) in [5.41, 5.74) is 1.70. The lowest BCUT2D eigenvalue weighted by molar-refractivity contribution is 0.0714. The number of nitrogens with zero attached hydrogens (tertiary/aromatic N) is 1. The fourth-order valence-corrected chi connectivity index (χ4v) is 4.74. The third-order valence-electron chi connectivity index (χ3n) is 6.17. The third-order valence-corrected chi connectivity index (χ3v) is 6.54. The van der Waals surface area contributed by atoms with Crippen LogP contribution in [-0.2, 0) is 6.54 Å². The molecule has 0 N–H and O–H groups in total. The second-order valence-electron chi connectivity index (χ2n) is 8.06. The topological polar surface area (TPSA) is 78.2 Å². The van der Waals surface area contributed by atoms with Crippen LogP contribution in [0.5, 0.6) is 17.2 Å². The Bertz CT molecular complexity index is 1490. The lowest BCUT2D eigenvalue weighted by Gasteiger charge is -2.26. The predicted octanol–water partition coefficient (Wildman–Crippen LogP) is 5.22. The number of rotatable bonds is 6. The number of fused-ring (bicyclic) bond motifs is 2. The van der Waals surface area contributed by atoms with Crippen LogP contribution in [0.15, 0.2) is 69.9 Å². The Hall–Kier alpha value is -3.97. The van der Waals surface area contributed by atoms with E-state index in [4.69, 9.17) is 30.2 Å². The summed E-state index contributed by atoms with van der Waals surface area (Å²) >= 11 is 6.43. The van der Waals surface area contributed by atoms with E-state index in [1.54, 1.807) is 47.4 Å². The predicted molar refractivity (Wildman–Crippen MR) is 132 cm³/mol. The molecule has 7 nitrogen and oxygen atoms in total. The maximum atomic E-state index is 13.7. The number of carbonyl (C=O) groups excluding carboxylic acids is 1. The van der Waals surface area contributed by atoms with E-state index in [-0.39, 0.29) is 23.3 Å². The van der Waals surface area contributed by atoms with Crippen LogP contribution in [-0.4, -0.2) is 32.1 Å². The minimum atomic E-state index is -0.761. The number of benzene rings is 3. The molecular formula is C27H22ClNO6. The van der Waals surface area contributed by atoms with Crippen LogP contribution in [0.4, 0.5) is 0 Å². The molecule has 35 heavy (non-hydrogen) atoms. The molecule has 1 amide bonds. The zero-order valence-corrected chi connectivity index (χ0v) is 20.1. The summed E-state index contributed by atoms with van der Waals surface area (Å²) in [6.45, 7) is 0.166. The van der Waals surface area contributed by atoms with Gasteiger partial charge in [-0.1, -0.05) is 41.9 Å². The van der Waals surface area contributed by atoms with E-state index < -0.39 is 11.9 Å². The van der Waals surface area contributed by atoms with Gasteiger partial charge in [0.05, 0.1) is 38.3 Å². The normalized spacial score (nSPS) is 14.8. The van der Waals surface area contributed by atoms with Crippen molar-refractivity contribution in [2.45, 2.75) is 12.6 Å². The van der Waals surface area contributed by atoms with Crippen LogP contribution in [0.3, 0.4) is 0 Å². The van der Waals surface area contributed by atoms with E-state index in [2.05, 4.69) is 0 Å². The maximum Gasteiger partial charge on any atom is 0.291 e. The lowest BCUT2D eigenvalue weighted by atomic mass is 9.97. The molecule has 1 atom stereocenters. The fraction of sp³-hybridized carbons (Fsp3) is 0.185. The molecule has 0 saturated heterocycles. The van der Waals surface area contributed by atoms with E-state index in [0.29, 0.717) is 38.8 Å². The molecule has 2 heterocycles. The Morgan fingerprint density at radius 3 is 2.23 bits per heavy atom. The molecule has 1 aliphatic rings. The molecule has 0 fully saturated rings.